The van der Waals surface area contributed by atoms with E-state index in [9.17, 15) is 14.4 Å². The highest BCUT2D eigenvalue weighted by molar-refractivity contribution is 5.95. The van der Waals surface area contributed by atoms with Crippen molar-refractivity contribution in [3.05, 3.63) is 60.2 Å². The van der Waals surface area contributed by atoms with Crippen LogP contribution in [-0.2, 0) is 19.1 Å². The van der Waals surface area contributed by atoms with Crippen molar-refractivity contribution in [2.24, 2.45) is 0 Å². The number of carbonyl (C=O) groups excluding carboxylic acids is 3. The van der Waals surface area contributed by atoms with Crippen LogP contribution in [0.4, 0.5) is 5.69 Å². The van der Waals surface area contributed by atoms with E-state index in [0.29, 0.717) is 17.4 Å². The number of anilines is 1. The lowest BCUT2D eigenvalue weighted by atomic mass is 10.0. The van der Waals surface area contributed by atoms with Crippen molar-refractivity contribution in [2.45, 2.75) is 45.8 Å². The highest BCUT2D eigenvalue weighted by Gasteiger charge is 2.23. The van der Waals surface area contributed by atoms with Crippen LogP contribution in [0.3, 0.4) is 0 Å². The molecule has 2 atom stereocenters. The molecular formula is C23H28N2O5. The van der Waals surface area contributed by atoms with Gasteiger partial charge in [-0.3, -0.25) is 9.59 Å². The van der Waals surface area contributed by atoms with Crippen molar-refractivity contribution in [1.29, 1.82) is 0 Å². The fourth-order valence-electron chi connectivity index (χ4n) is 2.53. The molecule has 0 radical (unpaired) electrons. The van der Waals surface area contributed by atoms with Crippen LogP contribution in [-0.4, -0.2) is 36.5 Å². The van der Waals surface area contributed by atoms with Crippen LogP contribution in [0, 0.1) is 0 Å². The van der Waals surface area contributed by atoms with Crippen molar-refractivity contribution in [3.8, 4) is 5.75 Å². The molecule has 0 fully saturated rings. The maximum absolute atomic E-state index is 12.3. The molecular weight excluding hydrogens is 384 g/mol. The molecule has 2 aromatic carbocycles. The number of esters is 1. The van der Waals surface area contributed by atoms with Crippen LogP contribution in [0.25, 0.3) is 0 Å². The zero-order valence-electron chi connectivity index (χ0n) is 17.7. The lowest BCUT2D eigenvalue weighted by Gasteiger charge is -2.18. The van der Waals surface area contributed by atoms with Gasteiger partial charge in [-0.1, -0.05) is 44.2 Å². The summed E-state index contributed by atoms with van der Waals surface area (Å²) in [5.41, 5.74) is 1.78. The standard InChI is InChI=1S/C23H28N2O5/c1-15(2)18-10-12-19(13-11-18)25-22(27)17(4)30-23(28)16(3)24-21(26)14-29-20-8-6-5-7-9-20/h5-13,15-17H,14H2,1-4H3,(H,24,26)(H,25,27)/t16-,17-/m0/s1. The Morgan fingerprint density at radius 3 is 2.13 bits per heavy atom. The average Bonchev–Trinajstić information content (AvgIpc) is 2.73. The number of hydrogen-bond donors (Lipinski definition) is 2. The second-order valence-corrected chi connectivity index (χ2v) is 7.24. The number of benzene rings is 2. The van der Waals surface area contributed by atoms with Crippen molar-refractivity contribution in [1.82, 2.24) is 5.32 Å². The smallest absolute Gasteiger partial charge is 0.329 e. The van der Waals surface area contributed by atoms with Gasteiger partial charge in [-0.05, 0) is 49.6 Å². The third-order valence-corrected chi connectivity index (χ3v) is 4.35. The van der Waals surface area contributed by atoms with Gasteiger partial charge in [-0.2, -0.15) is 0 Å². The first-order valence-electron chi connectivity index (χ1n) is 9.84. The summed E-state index contributed by atoms with van der Waals surface area (Å²) in [6, 6.07) is 15.4. The molecule has 30 heavy (non-hydrogen) atoms. The van der Waals surface area contributed by atoms with Crippen LogP contribution in [0.15, 0.2) is 54.6 Å². The molecule has 0 heterocycles. The van der Waals surface area contributed by atoms with Crippen LogP contribution >= 0.6 is 0 Å². The Morgan fingerprint density at radius 2 is 1.53 bits per heavy atom. The molecule has 0 aromatic heterocycles. The number of rotatable bonds is 9. The Kier molecular flexibility index (Phi) is 8.41. The third kappa shape index (κ3) is 7.24. The average molecular weight is 412 g/mol. The maximum atomic E-state index is 12.3. The lowest BCUT2D eigenvalue weighted by Crippen LogP contribution is -2.44. The summed E-state index contributed by atoms with van der Waals surface area (Å²) in [5, 5.41) is 5.20. The first kappa shape index (κ1) is 22.9. The van der Waals surface area contributed by atoms with Gasteiger partial charge in [0, 0.05) is 5.69 Å². The SMILES string of the molecule is CC(C)c1ccc(NC(=O)[C@H](C)OC(=O)[C@H](C)NC(=O)COc2ccccc2)cc1. The Hall–Kier alpha value is -3.35. The molecule has 0 aliphatic heterocycles. The topological polar surface area (TPSA) is 93.7 Å². The van der Waals surface area contributed by atoms with Crippen molar-refractivity contribution < 1.29 is 23.9 Å². The van der Waals surface area contributed by atoms with Gasteiger partial charge in [-0.15, -0.1) is 0 Å². The van der Waals surface area contributed by atoms with Gasteiger partial charge in [0.25, 0.3) is 11.8 Å². The second-order valence-electron chi connectivity index (χ2n) is 7.24. The highest BCUT2D eigenvalue weighted by Crippen LogP contribution is 2.17. The molecule has 0 saturated carbocycles. The molecule has 7 heteroatoms. The summed E-state index contributed by atoms with van der Waals surface area (Å²) < 4.78 is 10.5. The van der Waals surface area contributed by atoms with Crippen molar-refractivity contribution in [2.75, 3.05) is 11.9 Å². The summed E-state index contributed by atoms with van der Waals surface area (Å²) in [4.78, 5) is 36.4. The largest absolute Gasteiger partial charge is 0.484 e. The maximum Gasteiger partial charge on any atom is 0.329 e. The van der Waals surface area contributed by atoms with Crippen LogP contribution < -0.4 is 15.4 Å². The van der Waals surface area contributed by atoms with Crippen LogP contribution in [0.5, 0.6) is 5.75 Å². The molecule has 0 aliphatic carbocycles. The minimum Gasteiger partial charge on any atom is -0.484 e. The van der Waals surface area contributed by atoms with Gasteiger partial charge in [0.2, 0.25) is 0 Å². The summed E-state index contributed by atoms with van der Waals surface area (Å²) in [7, 11) is 0. The third-order valence-electron chi connectivity index (χ3n) is 4.35. The van der Waals surface area contributed by atoms with E-state index in [1.165, 1.54) is 13.8 Å². The zero-order chi connectivity index (χ0) is 22.1. The van der Waals surface area contributed by atoms with Crippen LogP contribution in [0.2, 0.25) is 0 Å². The fraction of sp³-hybridized carbons (Fsp3) is 0.348. The zero-order valence-corrected chi connectivity index (χ0v) is 17.7. The van der Waals surface area contributed by atoms with Gasteiger partial charge in [0.05, 0.1) is 0 Å². The first-order valence-corrected chi connectivity index (χ1v) is 9.84. The molecule has 2 N–H and O–H groups in total. The van der Waals surface area contributed by atoms with Gasteiger partial charge >= 0.3 is 5.97 Å². The molecule has 0 spiro atoms. The van der Waals surface area contributed by atoms with E-state index in [-0.39, 0.29) is 6.61 Å². The predicted octanol–water partition coefficient (Wildman–Crippen LogP) is 3.26. The monoisotopic (exact) mass is 412 g/mol. The predicted molar refractivity (Wildman–Crippen MR) is 114 cm³/mol. The molecule has 0 unspecified atom stereocenters. The summed E-state index contributed by atoms with van der Waals surface area (Å²) in [6.07, 6.45) is -1.01. The molecule has 7 nitrogen and oxygen atoms in total. The number of carbonyl (C=O) groups is 3. The Balaban J connectivity index is 1.77. The van der Waals surface area contributed by atoms with E-state index < -0.39 is 29.9 Å². The van der Waals surface area contributed by atoms with Gasteiger partial charge in [0.1, 0.15) is 11.8 Å². The Bertz CT molecular complexity index is 850. The van der Waals surface area contributed by atoms with Crippen LogP contribution in [0.1, 0.15) is 39.2 Å². The highest BCUT2D eigenvalue weighted by atomic mass is 16.5. The Morgan fingerprint density at radius 1 is 0.900 bits per heavy atom. The van der Waals surface area contributed by atoms with Gasteiger partial charge in [-0.25, -0.2) is 4.79 Å². The van der Waals surface area contributed by atoms with E-state index in [4.69, 9.17) is 9.47 Å². The fourth-order valence-corrected chi connectivity index (χ4v) is 2.53. The number of para-hydroxylation sites is 1. The molecule has 2 amide bonds. The molecule has 0 bridgehead atoms. The van der Waals surface area contributed by atoms with E-state index in [2.05, 4.69) is 24.5 Å². The molecule has 2 rings (SSSR count). The van der Waals surface area contributed by atoms with Crippen molar-refractivity contribution in [3.63, 3.8) is 0 Å². The molecule has 0 aliphatic rings. The minimum absolute atomic E-state index is 0.232. The molecule has 2 aromatic rings. The first-order chi connectivity index (χ1) is 14.3. The van der Waals surface area contributed by atoms with E-state index in [1.807, 2.05) is 18.2 Å². The minimum atomic E-state index is -1.01. The Labute approximate surface area is 176 Å². The van der Waals surface area contributed by atoms with E-state index in [0.717, 1.165) is 5.56 Å². The van der Waals surface area contributed by atoms with Gasteiger partial charge < -0.3 is 20.1 Å². The summed E-state index contributed by atoms with van der Waals surface area (Å²) in [6.45, 7) is 6.90. The number of amides is 2. The summed E-state index contributed by atoms with van der Waals surface area (Å²) in [5.74, 6) is -0.683. The molecule has 0 saturated heterocycles. The van der Waals surface area contributed by atoms with Gasteiger partial charge in [0.15, 0.2) is 12.7 Å². The van der Waals surface area contributed by atoms with E-state index in [1.54, 1.807) is 36.4 Å². The van der Waals surface area contributed by atoms with E-state index >= 15 is 0 Å². The van der Waals surface area contributed by atoms with Crippen molar-refractivity contribution >= 4 is 23.5 Å². The number of nitrogens with one attached hydrogen (secondary N) is 2. The molecule has 160 valence electrons. The number of hydrogen-bond acceptors (Lipinski definition) is 5. The quantitative estimate of drug-likeness (QED) is 0.617. The number of ether oxygens (including phenoxy) is 2. The normalized spacial score (nSPS) is 12.6. The second kappa shape index (κ2) is 11.0. The summed E-state index contributed by atoms with van der Waals surface area (Å²) >= 11 is 0. The lowest BCUT2D eigenvalue weighted by molar-refractivity contribution is -0.155.